The first-order valence-corrected chi connectivity index (χ1v) is 6.66. The van der Waals surface area contributed by atoms with Crippen molar-refractivity contribution in [1.29, 1.82) is 0 Å². The number of rotatable bonds is 4. The van der Waals surface area contributed by atoms with E-state index < -0.39 is 0 Å². The van der Waals surface area contributed by atoms with Gasteiger partial charge in [-0.25, -0.2) is 0 Å². The lowest BCUT2D eigenvalue weighted by Gasteiger charge is -2.22. The highest BCUT2D eigenvalue weighted by Gasteiger charge is 2.17. The van der Waals surface area contributed by atoms with Crippen molar-refractivity contribution in [2.75, 3.05) is 19.6 Å². The predicted molar refractivity (Wildman–Crippen MR) is 75.4 cm³/mol. The Bertz CT molecular complexity index is 389. The van der Waals surface area contributed by atoms with Crippen molar-refractivity contribution in [2.45, 2.75) is 32.6 Å². The molecule has 1 aliphatic heterocycles. The first-order chi connectivity index (χ1) is 8.22. The molecule has 17 heavy (non-hydrogen) atoms. The van der Waals surface area contributed by atoms with Crippen molar-refractivity contribution in [2.24, 2.45) is 0 Å². The topological polar surface area (TPSA) is 3.24 Å². The van der Waals surface area contributed by atoms with E-state index in [0.717, 1.165) is 0 Å². The molecule has 1 saturated heterocycles. The van der Waals surface area contributed by atoms with Gasteiger partial charge < -0.3 is 4.90 Å². The van der Waals surface area contributed by atoms with Crippen LogP contribution in [0.4, 0.5) is 0 Å². The summed E-state index contributed by atoms with van der Waals surface area (Å²) in [5.74, 6) is 0.619. The Kier molecular flexibility index (Phi) is 4.01. The van der Waals surface area contributed by atoms with E-state index in [-0.39, 0.29) is 0 Å². The summed E-state index contributed by atoms with van der Waals surface area (Å²) in [6, 6.07) is 6.57. The third-order valence-electron chi connectivity index (χ3n) is 3.90. The molecule has 2 rings (SSSR count). The lowest BCUT2D eigenvalue weighted by atomic mass is 9.93. The number of likely N-dealkylation sites (tertiary alicyclic amines) is 1. The Balaban J connectivity index is 2.12. The summed E-state index contributed by atoms with van der Waals surface area (Å²) in [5, 5.41) is 0. The molecular weight excluding hydrogens is 206 g/mol. The minimum Gasteiger partial charge on any atom is -0.303 e. The highest BCUT2D eigenvalue weighted by atomic mass is 15.1. The molecule has 0 spiro atoms. The van der Waals surface area contributed by atoms with Crippen LogP contribution in [0.3, 0.4) is 0 Å². The molecule has 0 saturated carbocycles. The number of hydrogen-bond acceptors (Lipinski definition) is 1. The molecule has 1 aromatic carbocycles. The van der Waals surface area contributed by atoms with Gasteiger partial charge in [-0.15, -0.1) is 0 Å². The monoisotopic (exact) mass is 229 g/mol. The third kappa shape index (κ3) is 2.78. The quantitative estimate of drug-likeness (QED) is 0.758. The molecule has 0 amide bonds. The van der Waals surface area contributed by atoms with Crippen LogP contribution in [-0.2, 0) is 0 Å². The van der Waals surface area contributed by atoms with Crippen LogP contribution in [0, 0.1) is 6.92 Å². The first-order valence-electron chi connectivity index (χ1n) is 6.66. The van der Waals surface area contributed by atoms with Crippen LogP contribution in [0.5, 0.6) is 0 Å². The fourth-order valence-electron chi connectivity index (χ4n) is 2.88. The molecule has 1 aromatic rings. The highest BCUT2D eigenvalue weighted by molar-refractivity contribution is 5.54. The minimum absolute atomic E-state index is 0.619. The zero-order valence-corrected chi connectivity index (χ0v) is 11.1. The molecule has 1 aliphatic rings. The van der Waals surface area contributed by atoms with Crippen LogP contribution in [0.15, 0.2) is 24.8 Å². The zero-order valence-electron chi connectivity index (χ0n) is 11.1. The van der Waals surface area contributed by atoms with E-state index in [0.29, 0.717) is 5.92 Å². The summed E-state index contributed by atoms with van der Waals surface area (Å²) in [5.41, 5.74) is 4.15. The normalized spacial score (nSPS) is 18.2. The van der Waals surface area contributed by atoms with Gasteiger partial charge >= 0.3 is 0 Å². The average molecular weight is 229 g/mol. The number of hydrogen-bond donors (Lipinski definition) is 0. The maximum absolute atomic E-state index is 3.89. The fraction of sp³-hybridized carbons (Fsp3) is 0.500. The molecule has 0 radical (unpaired) electrons. The van der Waals surface area contributed by atoms with E-state index in [1.54, 1.807) is 0 Å². The van der Waals surface area contributed by atoms with Gasteiger partial charge in [-0.3, -0.25) is 0 Å². The zero-order chi connectivity index (χ0) is 12.3. The molecule has 1 unspecified atom stereocenters. The SMILES string of the molecule is C=Cc1cccc(C(C)CN2CCCC2)c1C. The predicted octanol–water partition coefficient (Wildman–Crippen LogP) is 3.84. The Morgan fingerprint density at radius 2 is 2.06 bits per heavy atom. The largest absolute Gasteiger partial charge is 0.303 e. The summed E-state index contributed by atoms with van der Waals surface area (Å²) in [4.78, 5) is 2.59. The van der Waals surface area contributed by atoms with Crippen molar-refractivity contribution in [3.05, 3.63) is 41.5 Å². The van der Waals surface area contributed by atoms with Gasteiger partial charge in [-0.05, 0) is 55.5 Å². The maximum Gasteiger partial charge on any atom is 0.00477 e. The maximum atomic E-state index is 3.89. The Labute approximate surface area is 105 Å². The van der Waals surface area contributed by atoms with Gasteiger partial charge in [0, 0.05) is 6.54 Å². The molecule has 1 atom stereocenters. The van der Waals surface area contributed by atoms with E-state index in [2.05, 4.69) is 43.5 Å². The van der Waals surface area contributed by atoms with E-state index in [1.807, 2.05) is 6.08 Å². The van der Waals surface area contributed by atoms with Gasteiger partial charge in [0.2, 0.25) is 0 Å². The van der Waals surface area contributed by atoms with Gasteiger partial charge in [0.1, 0.15) is 0 Å². The minimum atomic E-state index is 0.619. The molecule has 1 heterocycles. The van der Waals surface area contributed by atoms with Crippen LogP contribution in [-0.4, -0.2) is 24.5 Å². The summed E-state index contributed by atoms with van der Waals surface area (Å²) < 4.78 is 0. The molecular formula is C16H23N. The van der Waals surface area contributed by atoms with Crippen LogP contribution in [0.1, 0.15) is 42.4 Å². The Hall–Kier alpha value is -1.08. The Morgan fingerprint density at radius 3 is 2.71 bits per heavy atom. The van der Waals surface area contributed by atoms with E-state index in [1.165, 1.54) is 49.2 Å². The molecule has 0 bridgehead atoms. The van der Waals surface area contributed by atoms with E-state index in [9.17, 15) is 0 Å². The highest BCUT2D eigenvalue weighted by Crippen LogP contribution is 2.25. The molecule has 1 nitrogen and oxygen atoms in total. The van der Waals surface area contributed by atoms with Crippen molar-refractivity contribution in [3.63, 3.8) is 0 Å². The smallest absolute Gasteiger partial charge is 0.00477 e. The van der Waals surface area contributed by atoms with Crippen molar-refractivity contribution in [3.8, 4) is 0 Å². The van der Waals surface area contributed by atoms with Gasteiger partial charge in [0.25, 0.3) is 0 Å². The second-order valence-electron chi connectivity index (χ2n) is 5.17. The van der Waals surface area contributed by atoms with Crippen LogP contribution < -0.4 is 0 Å². The van der Waals surface area contributed by atoms with Crippen molar-refractivity contribution in [1.82, 2.24) is 4.90 Å². The average Bonchev–Trinajstić information content (AvgIpc) is 2.82. The first kappa shape index (κ1) is 12.4. The van der Waals surface area contributed by atoms with Gasteiger partial charge in [0.05, 0.1) is 0 Å². The third-order valence-corrected chi connectivity index (χ3v) is 3.90. The summed E-state index contributed by atoms with van der Waals surface area (Å²) >= 11 is 0. The second kappa shape index (κ2) is 5.50. The van der Waals surface area contributed by atoms with Crippen LogP contribution in [0.2, 0.25) is 0 Å². The van der Waals surface area contributed by atoms with Gasteiger partial charge in [0.15, 0.2) is 0 Å². The molecule has 1 fully saturated rings. The summed E-state index contributed by atoms with van der Waals surface area (Å²) in [7, 11) is 0. The Morgan fingerprint density at radius 1 is 1.35 bits per heavy atom. The number of benzene rings is 1. The van der Waals surface area contributed by atoms with Crippen molar-refractivity contribution >= 4 is 6.08 Å². The molecule has 0 aliphatic carbocycles. The second-order valence-corrected chi connectivity index (χ2v) is 5.17. The number of nitrogens with zero attached hydrogens (tertiary/aromatic N) is 1. The molecule has 1 heteroatoms. The lowest BCUT2D eigenvalue weighted by molar-refractivity contribution is 0.320. The fourth-order valence-corrected chi connectivity index (χ4v) is 2.88. The van der Waals surface area contributed by atoms with Gasteiger partial charge in [-0.1, -0.05) is 37.8 Å². The van der Waals surface area contributed by atoms with E-state index in [4.69, 9.17) is 0 Å². The molecule has 92 valence electrons. The molecule has 0 N–H and O–H groups in total. The van der Waals surface area contributed by atoms with Crippen LogP contribution in [0.25, 0.3) is 6.08 Å². The van der Waals surface area contributed by atoms with Crippen LogP contribution >= 0.6 is 0 Å². The summed E-state index contributed by atoms with van der Waals surface area (Å²) in [6.45, 7) is 12.2. The molecule has 0 aromatic heterocycles. The summed E-state index contributed by atoms with van der Waals surface area (Å²) in [6.07, 6.45) is 4.71. The van der Waals surface area contributed by atoms with Gasteiger partial charge in [-0.2, -0.15) is 0 Å². The lowest BCUT2D eigenvalue weighted by Crippen LogP contribution is -2.24. The standard InChI is InChI=1S/C16H23N/c1-4-15-8-7-9-16(14(15)3)13(2)12-17-10-5-6-11-17/h4,7-9,13H,1,5-6,10-12H2,2-3H3. The van der Waals surface area contributed by atoms with Crippen molar-refractivity contribution < 1.29 is 0 Å². The van der Waals surface area contributed by atoms with E-state index >= 15 is 0 Å².